The third-order valence-electron chi connectivity index (χ3n) is 4.04. The Labute approximate surface area is 142 Å². The molecule has 0 bridgehead atoms. The summed E-state index contributed by atoms with van der Waals surface area (Å²) in [7, 11) is 0. The van der Waals surface area contributed by atoms with Crippen molar-refractivity contribution in [3.63, 3.8) is 0 Å². The average Bonchev–Trinajstić information content (AvgIpc) is 2.52. The van der Waals surface area contributed by atoms with Crippen molar-refractivity contribution in [2.75, 3.05) is 26.2 Å². The third kappa shape index (κ3) is 15.8. The molecule has 0 fully saturated rings. The third-order valence-corrected chi connectivity index (χ3v) is 4.04. The predicted molar refractivity (Wildman–Crippen MR) is 103 cm³/mol. The monoisotopic (exact) mass is 319 g/mol. The summed E-state index contributed by atoms with van der Waals surface area (Å²) in [6.45, 7) is 10.5. The zero-order valence-corrected chi connectivity index (χ0v) is 15.2. The van der Waals surface area contributed by atoms with Crippen LogP contribution in [0, 0.1) is 0 Å². The number of rotatable bonds is 16. The van der Waals surface area contributed by atoms with Gasteiger partial charge in [0.25, 0.3) is 0 Å². The second-order valence-corrected chi connectivity index (χ2v) is 6.19. The first kappa shape index (κ1) is 21.4. The Morgan fingerprint density at radius 3 is 2.27 bits per heavy atom. The predicted octanol–water partition coefficient (Wildman–Crippen LogP) is 3.96. The van der Waals surface area contributed by atoms with Crippen molar-refractivity contribution in [2.45, 2.75) is 84.6 Å². The summed E-state index contributed by atoms with van der Waals surface area (Å²) in [5.74, 6) is 0.217. The van der Waals surface area contributed by atoms with E-state index in [0.717, 1.165) is 39.0 Å². The minimum absolute atomic E-state index is 0. The molecule has 0 saturated heterocycles. The van der Waals surface area contributed by atoms with Gasteiger partial charge in [-0.3, -0.25) is 4.79 Å². The maximum atomic E-state index is 11.6. The number of nitrogens with one attached hydrogen (secondary N) is 3. The average molecular weight is 320 g/mol. The summed E-state index contributed by atoms with van der Waals surface area (Å²) in [5, 5.41) is 9.77. The van der Waals surface area contributed by atoms with Gasteiger partial charge in [0.1, 0.15) is 0 Å². The second-order valence-electron chi connectivity index (χ2n) is 6.19. The summed E-state index contributed by atoms with van der Waals surface area (Å²) >= 11 is 0. The van der Waals surface area contributed by atoms with E-state index in [1.54, 1.807) is 0 Å². The fourth-order valence-corrected chi connectivity index (χ4v) is 2.32. The number of amides is 1. The summed E-state index contributed by atoms with van der Waals surface area (Å²) in [6, 6.07) is 0.649. The molecule has 0 aliphatic heterocycles. The standard InChI is InChI=1S/C18H39N3O.3H2/c1-4-17(3)20-15-11-9-7-6-8-10-13-18(22)21-16-12-14-19-5-2;;;/h17,19-20H,4-16H2,1-3H3,(H,21,22);3*1H. The maximum Gasteiger partial charge on any atom is 0.219 e. The highest BCUT2D eigenvalue weighted by molar-refractivity contribution is 5.75. The maximum absolute atomic E-state index is 11.6. The van der Waals surface area contributed by atoms with Crippen molar-refractivity contribution in [3.05, 3.63) is 0 Å². The van der Waals surface area contributed by atoms with Crippen molar-refractivity contribution in [1.29, 1.82) is 0 Å². The van der Waals surface area contributed by atoms with Gasteiger partial charge in [0.2, 0.25) is 5.91 Å². The molecular weight excluding hydrogens is 274 g/mol. The van der Waals surface area contributed by atoms with E-state index in [9.17, 15) is 4.79 Å². The first-order chi connectivity index (χ1) is 10.7. The van der Waals surface area contributed by atoms with Crippen molar-refractivity contribution >= 4 is 5.91 Å². The van der Waals surface area contributed by atoms with Crippen LogP contribution in [0.15, 0.2) is 0 Å². The molecule has 0 aromatic carbocycles. The van der Waals surface area contributed by atoms with Crippen LogP contribution in [0.5, 0.6) is 0 Å². The van der Waals surface area contributed by atoms with Gasteiger partial charge in [-0.05, 0) is 52.2 Å². The molecule has 1 amide bonds. The van der Waals surface area contributed by atoms with Crippen LogP contribution in [-0.4, -0.2) is 38.1 Å². The van der Waals surface area contributed by atoms with Crippen molar-refractivity contribution in [1.82, 2.24) is 16.0 Å². The van der Waals surface area contributed by atoms with E-state index in [2.05, 4.69) is 36.7 Å². The van der Waals surface area contributed by atoms with Gasteiger partial charge in [-0.1, -0.05) is 39.5 Å². The Balaban J connectivity index is -0.000000735. The van der Waals surface area contributed by atoms with Crippen LogP contribution in [0.4, 0.5) is 0 Å². The van der Waals surface area contributed by atoms with Gasteiger partial charge >= 0.3 is 0 Å². The van der Waals surface area contributed by atoms with Crippen LogP contribution in [-0.2, 0) is 4.79 Å². The fourth-order valence-electron chi connectivity index (χ4n) is 2.32. The smallest absolute Gasteiger partial charge is 0.219 e. The lowest BCUT2D eigenvalue weighted by atomic mass is 10.1. The van der Waals surface area contributed by atoms with Crippen LogP contribution < -0.4 is 16.0 Å². The summed E-state index contributed by atoms with van der Waals surface area (Å²) in [5.41, 5.74) is 0. The Hall–Kier alpha value is -0.610. The van der Waals surface area contributed by atoms with Gasteiger partial charge in [-0.2, -0.15) is 0 Å². The van der Waals surface area contributed by atoms with Crippen LogP contribution >= 0.6 is 0 Å². The molecule has 22 heavy (non-hydrogen) atoms. The van der Waals surface area contributed by atoms with E-state index in [1.165, 1.54) is 38.5 Å². The normalized spacial score (nSPS) is 12.3. The highest BCUT2D eigenvalue weighted by Crippen LogP contribution is 2.07. The molecule has 1 atom stereocenters. The molecule has 1 unspecified atom stereocenters. The van der Waals surface area contributed by atoms with E-state index in [4.69, 9.17) is 0 Å². The van der Waals surface area contributed by atoms with Crippen LogP contribution in [0.3, 0.4) is 0 Å². The molecule has 0 heterocycles. The lowest BCUT2D eigenvalue weighted by Gasteiger charge is -2.10. The summed E-state index contributed by atoms with van der Waals surface area (Å²) < 4.78 is 0. The molecule has 3 N–H and O–H groups in total. The van der Waals surface area contributed by atoms with Gasteiger partial charge in [-0.15, -0.1) is 0 Å². The molecule has 0 aliphatic rings. The minimum Gasteiger partial charge on any atom is -0.356 e. The van der Waals surface area contributed by atoms with Crippen molar-refractivity contribution in [3.8, 4) is 0 Å². The topological polar surface area (TPSA) is 53.2 Å². The van der Waals surface area contributed by atoms with E-state index in [-0.39, 0.29) is 10.2 Å². The van der Waals surface area contributed by atoms with Crippen LogP contribution in [0.2, 0.25) is 0 Å². The second kappa shape index (κ2) is 16.8. The molecule has 0 radical (unpaired) electrons. The molecule has 138 valence electrons. The number of carbonyl (C=O) groups is 1. The first-order valence-corrected chi connectivity index (χ1v) is 9.41. The van der Waals surface area contributed by atoms with E-state index in [1.807, 2.05) is 0 Å². The zero-order chi connectivity index (χ0) is 16.5. The largest absolute Gasteiger partial charge is 0.356 e. The molecule has 0 rings (SSSR count). The molecular formula is C18H45N3O. The van der Waals surface area contributed by atoms with Gasteiger partial charge in [-0.25, -0.2) is 0 Å². The van der Waals surface area contributed by atoms with Crippen LogP contribution in [0.25, 0.3) is 0 Å². The quantitative estimate of drug-likeness (QED) is 0.377. The lowest BCUT2D eigenvalue weighted by Crippen LogP contribution is -2.27. The molecule has 0 aromatic heterocycles. The lowest BCUT2D eigenvalue weighted by molar-refractivity contribution is -0.121. The fraction of sp³-hybridized carbons (Fsp3) is 0.944. The Morgan fingerprint density at radius 2 is 1.59 bits per heavy atom. The molecule has 0 aliphatic carbocycles. The van der Waals surface area contributed by atoms with Crippen molar-refractivity contribution < 1.29 is 9.07 Å². The Kier molecular flexibility index (Phi) is 16.3. The highest BCUT2D eigenvalue weighted by atomic mass is 16.1. The number of unbranched alkanes of at least 4 members (excludes halogenated alkanes) is 5. The van der Waals surface area contributed by atoms with Gasteiger partial charge in [0.15, 0.2) is 0 Å². The van der Waals surface area contributed by atoms with E-state index in [0.29, 0.717) is 12.5 Å². The van der Waals surface area contributed by atoms with Gasteiger partial charge in [0, 0.05) is 23.3 Å². The minimum atomic E-state index is 0. The highest BCUT2D eigenvalue weighted by Gasteiger charge is 2.00. The zero-order valence-electron chi connectivity index (χ0n) is 15.2. The molecule has 4 nitrogen and oxygen atoms in total. The summed E-state index contributed by atoms with van der Waals surface area (Å²) in [6.07, 6.45) is 10.3. The van der Waals surface area contributed by atoms with Crippen LogP contribution in [0.1, 0.15) is 82.8 Å². The van der Waals surface area contributed by atoms with E-state index >= 15 is 0 Å². The summed E-state index contributed by atoms with van der Waals surface area (Å²) in [4.78, 5) is 11.6. The van der Waals surface area contributed by atoms with Crippen molar-refractivity contribution in [2.24, 2.45) is 0 Å². The molecule has 0 saturated carbocycles. The van der Waals surface area contributed by atoms with Gasteiger partial charge in [0.05, 0.1) is 0 Å². The molecule has 0 spiro atoms. The Bertz CT molecular complexity index is 260. The number of carbonyl (C=O) groups excluding carboxylic acids is 1. The molecule has 0 aromatic rings. The molecule has 4 heteroatoms. The van der Waals surface area contributed by atoms with E-state index < -0.39 is 0 Å². The number of hydrogen-bond acceptors (Lipinski definition) is 3. The SMILES string of the molecule is CCNCCCNC(=O)CCCCCCCCNC(C)CC.[HH].[HH].[HH]. The Morgan fingerprint density at radius 1 is 0.909 bits per heavy atom. The first-order valence-electron chi connectivity index (χ1n) is 9.41. The number of hydrogen-bond donors (Lipinski definition) is 3. The van der Waals surface area contributed by atoms with Gasteiger partial charge < -0.3 is 16.0 Å².